The predicted octanol–water partition coefficient (Wildman–Crippen LogP) is 3.97. The molecule has 8 nitrogen and oxygen atoms in total. The van der Waals surface area contributed by atoms with Crippen LogP contribution in [-0.2, 0) is 9.53 Å². The minimum Gasteiger partial charge on any atom is -0.493 e. The zero-order chi connectivity index (χ0) is 23.5. The van der Waals surface area contributed by atoms with Crippen molar-refractivity contribution in [2.24, 2.45) is 0 Å². The van der Waals surface area contributed by atoms with Gasteiger partial charge in [0.15, 0.2) is 11.5 Å². The van der Waals surface area contributed by atoms with E-state index in [1.165, 1.54) is 6.33 Å². The number of amides is 1. The van der Waals surface area contributed by atoms with Crippen LogP contribution in [0.25, 0.3) is 10.9 Å². The van der Waals surface area contributed by atoms with E-state index in [2.05, 4.69) is 26.3 Å². The average molecular weight is 517 g/mol. The second-order valence-corrected chi connectivity index (χ2v) is 9.19. The second-order valence-electron chi connectivity index (χ2n) is 8.31. The van der Waals surface area contributed by atoms with Crippen molar-refractivity contribution in [3.05, 3.63) is 47.9 Å². The van der Waals surface area contributed by atoms with E-state index in [0.717, 1.165) is 66.3 Å². The zero-order valence-corrected chi connectivity index (χ0v) is 21.4. The SMILES string of the molecule is COc1cc2c(C3C(=O)Nc4ccc(SC)cc43)ncnc2cc1OCCCN1CCOCC1.Cl. The fourth-order valence-corrected chi connectivity index (χ4v) is 4.97. The van der Waals surface area contributed by atoms with E-state index in [1.54, 1.807) is 18.9 Å². The van der Waals surface area contributed by atoms with E-state index in [9.17, 15) is 4.79 Å². The molecular weight excluding hydrogens is 488 g/mol. The normalized spacial score (nSPS) is 17.5. The Morgan fingerprint density at radius 1 is 1.17 bits per heavy atom. The van der Waals surface area contributed by atoms with Crippen molar-refractivity contribution < 1.29 is 19.0 Å². The highest BCUT2D eigenvalue weighted by Crippen LogP contribution is 2.42. The Morgan fingerprint density at radius 3 is 2.77 bits per heavy atom. The first-order valence-electron chi connectivity index (χ1n) is 11.4. The average Bonchev–Trinajstić information content (AvgIpc) is 3.20. The highest BCUT2D eigenvalue weighted by atomic mass is 35.5. The van der Waals surface area contributed by atoms with E-state index in [1.807, 2.05) is 30.5 Å². The van der Waals surface area contributed by atoms with Gasteiger partial charge in [0.25, 0.3) is 0 Å². The van der Waals surface area contributed by atoms with Crippen molar-refractivity contribution in [2.45, 2.75) is 17.2 Å². The zero-order valence-electron chi connectivity index (χ0n) is 19.8. The highest BCUT2D eigenvalue weighted by Gasteiger charge is 2.34. The van der Waals surface area contributed by atoms with Gasteiger partial charge >= 0.3 is 0 Å². The van der Waals surface area contributed by atoms with Gasteiger partial charge in [0.2, 0.25) is 5.91 Å². The number of hydrogen-bond acceptors (Lipinski definition) is 8. The largest absolute Gasteiger partial charge is 0.493 e. The van der Waals surface area contributed by atoms with Gasteiger partial charge < -0.3 is 19.5 Å². The third-order valence-corrected chi connectivity index (χ3v) is 7.02. The summed E-state index contributed by atoms with van der Waals surface area (Å²) < 4.78 is 17.1. The van der Waals surface area contributed by atoms with Crippen LogP contribution in [0.1, 0.15) is 23.6 Å². The van der Waals surface area contributed by atoms with Crippen molar-refractivity contribution in [1.82, 2.24) is 14.9 Å². The van der Waals surface area contributed by atoms with Gasteiger partial charge in [0, 0.05) is 41.7 Å². The molecule has 0 radical (unpaired) electrons. The molecule has 1 aromatic heterocycles. The molecule has 2 aliphatic heterocycles. The first-order chi connectivity index (χ1) is 16.7. The molecule has 10 heteroatoms. The van der Waals surface area contributed by atoms with Crippen LogP contribution < -0.4 is 14.8 Å². The Labute approximate surface area is 215 Å². The van der Waals surface area contributed by atoms with Crippen LogP contribution in [0.2, 0.25) is 0 Å². The number of ether oxygens (including phenoxy) is 3. The number of aromatic nitrogens is 2. The number of carbonyl (C=O) groups is 1. The van der Waals surface area contributed by atoms with E-state index in [4.69, 9.17) is 14.2 Å². The lowest BCUT2D eigenvalue weighted by molar-refractivity contribution is -0.116. The summed E-state index contributed by atoms with van der Waals surface area (Å²) in [5.41, 5.74) is 3.14. The number of halogens is 1. The summed E-state index contributed by atoms with van der Waals surface area (Å²) in [5.74, 6) is 0.655. The quantitative estimate of drug-likeness (QED) is 0.355. The lowest BCUT2D eigenvalue weighted by atomic mass is 9.94. The number of carbonyl (C=O) groups excluding carboxylic acids is 1. The lowest BCUT2D eigenvalue weighted by Gasteiger charge is -2.26. The first-order valence-corrected chi connectivity index (χ1v) is 12.6. The molecule has 1 fully saturated rings. The maximum Gasteiger partial charge on any atom is 0.238 e. The molecule has 0 saturated carbocycles. The molecule has 1 unspecified atom stereocenters. The molecule has 0 spiro atoms. The van der Waals surface area contributed by atoms with Gasteiger partial charge in [-0.2, -0.15) is 0 Å². The van der Waals surface area contributed by atoms with Crippen LogP contribution in [-0.4, -0.2) is 73.6 Å². The summed E-state index contributed by atoms with van der Waals surface area (Å²) in [6, 6.07) is 9.77. The first kappa shape index (κ1) is 25.5. The number of thioether (sulfide) groups is 1. The number of rotatable bonds is 8. The van der Waals surface area contributed by atoms with E-state index in [-0.39, 0.29) is 18.3 Å². The molecular formula is C25H29ClN4O4S. The fraction of sp³-hybridized carbons (Fsp3) is 0.400. The molecule has 1 saturated heterocycles. The van der Waals surface area contributed by atoms with Crippen LogP contribution >= 0.6 is 24.2 Å². The molecule has 35 heavy (non-hydrogen) atoms. The predicted molar refractivity (Wildman–Crippen MR) is 139 cm³/mol. The molecule has 3 heterocycles. The van der Waals surface area contributed by atoms with Crippen molar-refractivity contribution in [2.75, 3.05) is 58.1 Å². The topological polar surface area (TPSA) is 85.8 Å². The smallest absolute Gasteiger partial charge is 0.238 e. The Balaban J connectivity index is 0.00000289. The molecule has 186 valence electrons. The molecule has 2 aromatic carbocycles. The summed E-state index contributed by atoms with van der Waals surface area (Å²) in [5, 5.41) is 3.77. The minimum absolute atomic E-state index is 0. The Kier molecular flexibility index (Phi) is 8.33. The summed E-state index contributed by atoms with van der Waals surface area (Å²) in [6.45, 7) is 5.07. The summed E-state index contributed by atoms with van der Waals surface area (Å²) in [4.78, 5) is 25.4. The van der Waals surface area contributed by atoms with Crippen molar-refractivity contribution in [3.63, 3.8) is 0 Å². The molecule has 5 rings (SSSR count). The number of nitrogens with zero attached hydrogens (tertiary/aromatic N) is 3. The molecule has 2 aliphatic rings. The number of morpholine rings is 1. The summed E-state index contributed by atoms with van der Waals surface area (Å²) in [6.07, 6.45) is 4.44. The minimum atomic E-state index is -0.502. The van der Waals surface area contributed by atoms with E-state index >= 15 is 0 Å². The van der Waals surface area contributed by atoms with Crippen molar-refractivity contribution in [1.29, 1.82) is 0 Å². The van der Waals surface area contributed by atoms with Crippen LogP contribution in [0, 0.1) is 0 Å². The maximum atomic E-state index is 13.0. The number of methoxy groups -OCH3 is 1. The van der Waals surface area contributed by atoms with Crippen LogP contribution in [0.5, 0.6) is 11.5 Å². The number of anilines is 1. The Bertz CT molecular complexity index is 1210. The van der Waals surface area contributed by atoms with Gasteiger partial charge in [-0.1, -0.05) is 0 Å². The van der Waals surface area contributed by atoms with Crippen LogP contribution in [0.4, 0.5) is 5.69 Å². The number of hydrogen-bond donors (Lipinski definition) is 1. The number of fused-ring (bicyclic) bond motifs is 2. The third kappa shape index (κ3) is 5.33. The maximum absolute atomic E-state index is 13.0. The molecule has 3 aromatic rings. The molecule has 1 amide bonds. The van der Waals surface area contributed by atoms with Gasteiger partial charge in [-0.05, 0) is 42.5 Å². The summed E-state index contributed by atoms with van der Waals surface area (Å²) in [7, 11) is 1.62. The third-order valence-electron chi connectivity index (χ3n) is 6.29. The monoisotopic (exact) mass is 516 g/mol. The molecule has 1 N–H and O–H groups in total. The van der Waals surface area contributed by atoms with Gasteiger partial charge in [-0.3, -0.25) is 9.69 Å². The molecule has 0 bridgehead atoms. The van der Waals surface area contributed by atoms with Crippen LogP contribution in [0.15, 0.2) is 41.6 Å². The summed E-state index contributed by atoms with van der Waals surface area (Å²) >= 11 is 1.65. The van der Waals surface area contributed by atoms with Gasteiger partial charge in [-0.15, -0.1) is 24.2 Å². The number of nitrogens with one attached hydrogen (secondary N) is 1. The van der Waals surface area contributed by atoms with Crippen LogP contribution in [0.3, 0.4) is 0 Å². The number of benzene rings is 2. The highest BCUT2D eigenvalue weighted by molar-refractivity contribution is 7.98. The van der Waals surface area contributed by atoms with E-state index < -0.39 is 5.92 Å². The van der Waals surface area contributed by atoms with Gasteiger partial charge in [0.05, 0.1) is 38.1 Å². The van der Waals surface area contributed by atoms with Gasteiger partial charge in [-0.25, -0.2) is 9.97 Å². The van der Waals surface area contributed by atoms with Crippen molar-refractivity contribution >= 4 is 46.7 Å². The molecule has 0 aliphatic carbocycles. The molecule has 1 atom stereocenters. The Morgan fingerprint density at radius 2 is 2.00 bits per heavy atom. The Hall–Kier alpha value is -2.59. The van der Waals surface area contributed by atoms with E-state index in [0.29, 0.717) is 23.8 Å². The van der Waals surface area contributed by atoms with Crippen molar-refractivity contribution in [3.8, 4) is 11.5 Å². The standard InChI is InChI=1S/C25H28N4O4S.ClH/c1-31-21-13-18-20(14-22(21)33-9-3-6-29-7-10-32-11-8-29)26-15-27-24(18)23-17-12-16(34-2)4-5-19(17)28-25(23)30;/h4-5,12-15,23H,3,6-11H2,1-2H3,(H,28,30);1H. The van der Waals surface area contributed by atoms with Gasteiger partial charge in [0.1, 0.15) is 12.2 Å². The fourth-order valence-electron chi connectivity index (χ4n) is 4.52. The lowest BCUT2D eigenvalue weighted by Crippen LogP contribution is -2.37. The second kappa shape index (κ2) is 11.4.